The second kappa shape index (κ2) is 11.0. The Morgan fingerprint density at radius 3 is 2.63 bits per heavy atom. The van der Waals surface area contributed by atoms with E-state index in [0.29, 0.717) is 38.3 Å². The van der Waals surface area contributed by atoms with Crippen LogP contribution in [0.3, 0.4) is 0 Å². The van der Waals surface area contributed by atoms with E-state index in [2.05, 4.69) is 10.0 Å². The topological polar surface area (TPSA) is 65.5 Å². The molecule has 3 aliphatic rings. The van der Waals surface area contributed by atoms with Gasteiger partial charge in [0.2, 0.25) is 5.91 Å². The zero-order chi connectivity index (χ0) is 24.2. The number of ether oxygens (including phenoxy) is 1. The lowest BCUT2D eigenvalue weighted by Gasteiger charge is -2.34. The molecule has 0 radical (unpaired) electrons. The molecule has 1 saturated heterocycles. The smallest absolute Gasteiger partial charge is 0.262 e. The van der Waals surface area contributed by atoms with Crippen molar-refractivity contribution in [2.75, 3.05) is 45.9 Å². The largest absolute Gasteiger partial charge is 0.379 e. The van der Waals surface area contributed by atoms with Crippen LogP contribution in [-0.2, 0) is 14.3 Å². The summed E-state index contributed by atoms with van der Waals surface area (Å²) in [6.45, 7) is 4.18. The highest BCUT2D eigenvalue weighted by Crippen LogP contribution is 2.35. The predicted octanol–water partition coefficient (Wildman–Crippen LogP) is 3.53. The third-order valence-corrected chi connectivity index (χ3v) is 8.04. The van der Waals surface area contributed by atoms with E-state index in [1.54, 1.807) is 34.4 Å². The van der Waals surface area contributed by atoms with Crippen LogP contribution in [0.4, 0.5) is 4.39 Å². The van der Waals surface area contributed by atoms with Crippen molar-refractivity contribution in [1.29, 1.82) is 0 Å². The Bertz CT molecular complexity index is 1070. The van der Waals surface area contributed by atoms with Gasteiger partial charge in [0.05, 0.1) is 29.8 Å². The molecule has 2 fully saturated rings. The number of morpholine rings is 1. The van der Waals surface area contributed by atoms with Gasteiger partial charge in [-0.05, 0) is 30.4 Å². The van der Waals surface area contributed by atoms with Gasteiger partial charge >= 0.3 is 0 Å². The molecule has 5 rings (SSSR count). The zero-order valence-electron chi connectivity index (χ0n) is 19.8. The van der Waals surface area contributed by atoms with Crippen molar-refractivity contribution < 1.29 is 18.7 Å². The van der Waals surface area contributed by atoms with E-state index >= 15 is 0 Å². The molecule has 7 nitrogen and oxygen atoms in total. The molecule has 9 heteroatoms. The monoisotopic (exact) mass is 498 g/mol. The molecule has 1 saturated carbocycles. The number of carbonyl (C=O) groups excluding carboxylic acids is 2. The highest BCUT2D eigenvalue weighted by Gasteiger charge is 2.37. The van der Waals surface area contributed by atoms with Gasteiger partial charge in [0.15, 0.2) is 0 Å². The Morgan fingerprint density at radius 2 is 1.94 bits per heavy atom. The molecule has 2 aromatic rings. The average molecular weight is 499 g/mol. The lowest BCUT2D eigenvalue weighted by Crippen LogP contribution is -2.49. The highest BCUT2D eigenvalue weighted by atomic mass is 32.1. The molecule has 186 valence electrons. The fourth-order valence-corrected chi connectivity index (χ4v) is 5.54. The molecule has 1 aromatic heterocycles. The molecule has 0 N–H and O–H groups in total. The lowest BCUT2D eigenvalue weighted by atomic mass is 9.84. The van der Waals surface area contributed by atoms with Gasteiger partial charge in [-0.1, -0.05) is 30.7 Å². The van der Waals surface area contributed by atoms with Crippen molar-refractivity contribution in [1.82, 2.24) is 14.8 Å². The van der Waals surface area contributed by atoms with Crippen molar-refractivity contribution >= 4 is 28.9 Å². The summed E-state index contributed by atoms with van der Waals surface area (Å²) in [4.78, 5) is 31.8. The Morgan fingerprint density at radius 1 is 1.14 bits per heavy atom. The number of hydrazone groups is 1. The summed E-state index contributed by atoms with van der Waals surface area (Å²) in [6.07, 6.45) is 3.25. The van der Waals surface area contributed by atoms with Gasteiger partial charge < -0.3 is 9.64 Å². The van der Waals surface area contributed by atoms with Crippen LogP contribution in [0.25, 0.3) is 0 Å². The zero-order valence-corrected chi connectivity index (χ0v) is 20.6. The number of hydrogen-bond donors (Lipinski definition) is 0. The fourth-order valence-electron chi connectivity index (χ4n) is 4.82. The second-order valence-electron chi connectivity index (χ2n) is 9.35. The molecule has 1 aliphatic carbocycles. The standard InChI is InChI=1S/C26H31FN4O3S/c27-21-8-2-1-7-20(21)23-17-22(24-9-4-16-35-24)28-31(23)25(32)18-30(26(33)19-5-3-6-19)11-10-29-12-14-34-15-13-29/h1-2,4,7-9,16,19,23H,3,5-6,10-15,17-18H2/t23-/m1/s1. The van der Waals surface area contributed by atoms with E-state index in [1.165, 1.54) is 11.1 Å². The van der Waals surface area contributed by atoms with Gasteiger partial charge in [0.25, 0.3) is 5.91 Å². The average Bonchev–Trinajstić information content (AvgIpc) is 3.52. The number of thiophene rings is 1. The van der Waals surface area contributed by atoms with Gasteiger partial charge in [-0.3, -0.25) is 14.5 Å². The summed E-state index contributed by atoms with van der Waals surface area (Å²) in [5, 5.41) is 8.02. The maximum Gasteiger partial charge on any atom is 0.262 e. The number of amides is 2. The van der Waals surface area contributed by atoms with E-state index in [9.17, 15) is 14.0 Å². The Labute approximate surface area is 209 Å². The van der Waals surface area contributed by atoms with E-state index in [4.69, 9.17) is 4.74 Å². The summed E-state index contributed by atoms with van der Waals surface area (Å²) in [6, 6.07) is 9.92. The van der Waals surface area contributed by atoms with Gasteiger partial charge in [0.1, 0.15) is 12.4 Å². The molecule has 1 aromatic carbocycles. The number of rotatable bonds is 8. The number of carbonyl (C=O) groups is 2. The summed E-state index contributed by atoms with van der Waals surface area (Å²) in [7, 11) is 0. The molecule has 2 aliphatic heterocycles. The van der Waals surface area contributed by atoms with Crippen molar-refractivity contribution in [3.8, 4) is 0 Å². The van der Waals surface area contributed by atoms with E-state index < -0.39 is 6.04 Å². The number of hydrogen-bond acceptors (Lipinski definition) is 6. The minimum atomic E-state index is -0.527. The minimum absolute atomic E-state index is 0.00128. The quantitative estimate of drug-likeness (QED) is 0.559. The van der Waals surface area contributed by atoms with Gasteiger partial charge in [-0.25, -0.2) is 9.40 Å². The summed E-state index contributed by atoms with van der Waals surface area (Å²) in [5.74, 6) is -0.590. The normalized spacial score (nSPS) is 21.0. The van der Waals surface area contributed by atoms with Crippen LogP contribution in [0.15, 0.2) is 46.9 Å². The van der Waals surface area contributed by atoms with Crippen molar-refractivity contribution in [3.63, 3.8) is 0 Å². The van der Waals surface area contributed by atoms with Gasteiger partial charge in [-0.15, -0.1) is 11.3 Å². The van der Waals surface area contributed by atoms with Crippen LogP contribution in [0.5, 0.6) is 0 Å². The number of benzene rings is 1. The molecule has 2 amide bonds. The minimum Gasteiger partial charge on any atom is -0.379 e. The number of nitrogens with zero attached hydrogens (tertiary/aromatic N) is 4. The molecular formula is C26H31FN4O3S. The molecule has 0 bridgehead atoms. The van der Waals surface area contributed by atoms with Crippen LogP contribution < -0.4 is 0 Å². The highest BCUT2D eigenvalue weighted by molar-refractivity contribution is 7.12. The van der Waals surface area contributed by atoms with Crippen LogP contribution in [0, 0.1) is 11.7 Å². The SMILES string of the molecule is O=C(C1CCC1)N(CCN1CCOCC1)CC(=O)N1N=C(c2cccs2)C[C@@H]1c1ccccc1F. The van der Waals surface area contributed by atoms with Crippen LogP contribution in [-0.4, -0.2) is 78.3 Å². The molecule has 3 heterocycles. The van der Waals surface area contributed by atoms with Crippen molar-refractivity contribution in [2.45, 2.75) is 31.7 Å². The van der Waals surface area contributed by atoms with Crippen molar-refractivity contribution in [3.05, 3.63) is 58.0 Å². The van der Waals surface area contributed by atoms with Crippen LogP contribution >= 0.6 is 11.3 Å². The van der Waals surface area contributed by atoms with E-state index in [1.807, 2.05) is 17.5 Å². The predicted molar refractivity (Wildman–Crippen MR) is 133 cm³/mol. The molecule has 0 unspecified atom stereocenters. The van der Waals surface area contributed by atoms with E-state index in [-0.39, 0.29) is 30.1 Å². The van der Waals surface area contributed by atoms with Crippen LogP contribution in [0.2, 0.25) is 0 Å². The molecule has 0 spiro atoms. The van der Waals surface area contributed by atoms with Gasteiger partial charge in [-0.2, -0.15) is 5.10 Å². The summed E-state index contributed by atoms with van der Waals surface area (Å²) < 4.78 is 20.2. The maximum absolute atomic E-state index is 14.8. The first-order valence-electron chi connectivity index (χ1n) is 12.4. The molecule has 1 atom stereocenters. The third-order valence-electron chi connectivity index (χ3n) is 7.12. The fraction of sp³-hybridized carbons (Fsp3) is 0.500. The first-order valence-corrected chi connectivity index (χ1v) is 13.2. The Balaban J connectivity index is 1.35. The summed E-state index contributed by atoms with van der Waals surface area (Å²) >= 11 is 1.55. The van der Waals surface area contributed by atoms with Gasteiger partial charge in [0, 0.05) is 44.1 Å². The van der Waals surface area contributed by atoms with Crippen LogP contribution in [0.1, 0.15) is 42.2 Å². The maximum atomic E-state index is 14.8. The summed E-state index contributed by atoms with van der Waals surface area (Å²) in [5.41, 5.74) is 1.22. The molecular weight excluding hydrogens is 467 g/mol. The van der Waals surface area contributed by atoms with E-state index in [0.717, 1.165) is 42.9 Å². The first-order chi connectivity index (χ1) is 17.1. The first kappa shape index (κ1) is 24.1. The Kier molecular flexibility index (Phi) is 7.55. The molecule has 35 heavy (non-hydrogen) atoms. The number of halogens is 1. The third kappa shape index (κ3) is 5.47. The Hall–Kier alpha value is -2.62. The second-order valence-corrected chi connectivity index (χ2v) is 10.3. The lowest BCUT2D eigenvalue weighted by molar-refractivity contribution is -0.145. The van der Waals surface area contributed by atoms with Crippen molar-refractivity contribution in [2.24, 2.45) is 11.0 Å².